The van der Waals surface area contributed by atoms with E-state index in [1.807, 2.05) is 30.3 Å². The van der Waals surface area contributed by atoms with Gasteiger partial charge in [0.1, 0.15) is 0 Å². The van der Waals surface area contributed by atoms with Crippen molar-refractivity contribution >= 4 is 26.5 Å². The van der Waals surface area contributed by atoms with Gasteiger partial charge in [-0.15, -0.1) is 0 Å². The van der Waals surface area contributed by atoms with E-state index in [0.717, 1.165) is 42.4 Å². The van der Waals surface area contributed by atoms with E-state index in [-0.39, 0.29) is 0 Å². The van der Waals surface area contributed by atoms with Gasteiger partial charge >= 0.3 is 0 Å². The molecule has 0 saturated carbocycles. The molecular weight excluding hydrogens is 344 g/mol. The van der Waals surface area contributed by atoms with Crippen LogP contribution in [0.4, 0.5) is 0 Å². The summed E-state index contributed by atoms with van der Waals surface area (Å²) in [5.41, 5.74) is 2.98. The minimum atomic E-state index is -3.62. The van der Waals surface area contributed by atoms with Crippen molar-refractivity contribution in [3.63, 3.8) is 0 Å². The second-order valence-corrected chi connectivity index (χ2v) is 8.58. The van der Waals surface area contributed by atoms with E-state index < -0.39 is 10.0 Å². The number of aromatic nitrogens is 1. The molecule has 0 saturated heterocycles. The average Bonchev–Trinajstić information content (AvgIpc) is 2.93. The second-order valence-electron chi connectivity index (χ2n) is 6.77. The lowest BCUT2D eigenvalue weighted by atomic mass is 10.0. The fraction of sp³-hybridized carbons (Fsp3) is 0.238. The Morgan fingerprint density at radius 3 is 2.50 bits per heavy atom. The summed E-state index contributed by atoms with van der Waals surface area (Å²) in [6.45, 7) is 1.95. The minimum absolute atomic E-state index is 0.307. The first-order valence-electron chi connectivity index (χ1n) is 8.86. The standard InChI is InChI=1S/C21H22N2O2S/c1-22-14-7-8-17(13-15-22)20-16-23(21-12-6-5-11-19(20)21)26(24,25)18-9-3-2-4-10-18/h2-6,9-13,16H,7-8,14-15H2,1H3. The second kappa shape index (κ2) is 6.74. The van der Waals surface area contributed by atoms with Gasteiger partial charge in [0.05, 0.1) is 10.4 Å². The first kappa shape index (κ1) is 17.1. The molecule has 0 radical (unpaired) electrons. The Hall–Kier alpha value is -2.37. The van der Waals surface area contributed by atoms with Gasteiger partial charge < -0.3 is 4.90 Å². The molecule has 1 aliphatic heterocycles. The van der Waals surface area contributed by atoms with Gasteiger partial charge in [0, 0.05) is 23.7 Å². The normalized spacial score (nSPS) is 16.4. The molecule has 5 heteroatoms. The highest BCUT2D eigenvalue weighted by Gasteiger charge is 2.22. The van der Waals surface area contributed by atoms with Crippen LogP contribution < -0.4 is 0 Å². The zero-order chi connectivity index (χ0) is 18.1. The summed E-state index contributed by atoms with van der Waals surface area (Å²) in [6, 6.07) is 16.4. The van der Waals surface area contributed by atoms with Crippen LogP contribution in [0.2, 0.25) is 0 Å². The van der Waals surface area contributed by atoms with E-state index in [2.05, 4.69) is 18.0 Å². The molecule has 0 bridgehead atoms. The van der Waals surface area contributed by atoms with Crippen molar-refractivity contribution in [3.8, 4) is 0 Å². The molecule has 26 heavy (non-hydrogen) atoms. The van der Waals surface area contributed by atoms with Gasteiger partial charge in [0.25, 0.3) is 10.0 Å². The Morgan fingerprint density at radius 1 is 0.962 bits per heavy atom. The quantitative estimate of drug-likeness (QED) is 0.704. The number of likely N-dealkylation sites (N-methyl/N-ethyl adjacent to an activating group) is 1. The zero-order valence-electron chi connectivity index (χ0n) is 14.8. The molecule has 1 aliphatic rings. The maximum atomic E-state index is 13.2. The van der Waals surface area contributed by atoms with Crippen LogP contribution in [0.5, 0.6) is 0 Å². The van der Waals surface area contributed by atoms with Gasteiger partial charge in [-0.3, -0.25) is 0 Å². The van der Waals surface area contributed by atoms with Crippen LogP contribution in [0.1, 0.15) is 18.4 Å². The van der Waals surface area contributed by atoms with E-state index >= 15 is 0 Å². The molecule has 0 N–H and O–H groups in total. The summed E-state index contributed by atoms with van der Waals surface area (Å²) >= 11 is 0. The molecule has 4 rings (SSSR count). The van der Waals surface area contributed by atoms with Gasteiger partial charge in [-0.1, -0.05) is 42.5 Å². The first-order valence-corrected chi connectivity index (χ1v) is 10.3. The lowest BCUT2D eigenvalue weighted by Gasteiger charge is -2.09. The highest BCUT2D eigenvalue weighted by Crippen LogP contribution is 2.33. The molecule has 0 atom stereocenters. The Balaban J connectivity index is 1.90. The van der Waals surface area contributed by atoms with Crippen LogP contribution in [-0.2, 0) is 10.0 Å². The maximum Gasteiger partial charge on any atom is 0.268 e. The third kappa shape index (κ3) is 2.97. The van der Waals surface area contributed by atoms with E-state index in [1.165, 1.54) is 9.55 Å². The van der Waals surface area contributed by atoms with Crippen molar-refractivity contribution in [1.29, 1.82) is 0 Å². The van der Waals surface area contributed by atoms with E-state index in [4.69, 9.17) is 0 Å². The Morgan fingerprint density at radius 2 is 1.69 bits per heavy atom. The number of rotatable bonds is 3. The summed E-state index contributed by atoms with van der Waals surface area (Å²) in [4.78, 5) is 2.59. The van der Waals surface area contributed by atoms with Crippen LogP contribution >= 0.6 is 0 Å². The molecule has 3 aromatic rings. The Bertz CT molecular complexity index is 1070. The van der Waals surface area contributed by atoms with Crippen LogP contribution in [0.3, 0.4) is 0 Å². The summed E-state index contributed by atoms with van der Waals surface area (Å²) in [5.74, 6) is 0. The van der Waals surface area contributed by atoms with Crippen molar-refractivity contribution < 1.29 is 8.42 Å². The summed E-state index contributed by atoms with van der Waals surface area (Å²) < 4.78 is 27.8. The lowest BCUT2D eigenvalue weighted by Crippen LogP contribution is -2.17. The number of para-hydroxylation sites is 1. The predicted octanol–water partition coefficient (Wildman–Crippen LogP) is 3.99. The van der Waals surface area contributed by atoms with Gasteiger partial charge in [0.15, 0.2) is 0 Å². The van der Waals surface area contributed by atoms with Crippen LogP contribution in [-0.4, -0.2) is 37.4 Å². The summed E-state index contributed by atoms with van der Waals surface area (Å²) in [7, 11) is -1.51. The van der Waals surface area contributed by atoms with Gasteiger partial charge in [-0.2, -0.15) is 0 Å². The molecule has 2 aromatic carbocycles. The first-order chi connectivity index (χ1) is 12.6. The molecule has 0 fully saturated rings. The van der Waals surface area contributed by atoms with Crippen LogP contribution in [0.15, 0.2) is 71.8 Å². The van der Waals surface area contributed by atoms with Gasteiger partial charge in [0.2, 0.25) is 0 Å². The number of fused-ring (bicyclic) bond motifs is 1. The fourth-order valence-electron chi connectivity index (χ4n) is 3.55. The monoisotopic (exact) mass is 366 g/mol. The molecule has 134 valence electrons. The predicted molar refractivity (Wildman–Crippen MR) is 106 cm³/mol. The summed E-state index contributed by atoms with van der Waals surface area (Å²) in [6.07, 6.45) is 6.06. The van der Waals surface area contributed by atoms with Crippen molar-refractivity contribution in [3.05, 3.63) is 72.4 Å². The topological polar surface area (TPSA) is 42.3 Å². The third-order valence-corrected chi connectivity index (χ3v) is 6.65. The fourth-order valence-corrected chi connectivity index (χ4v) is 4.94. The molecular formula is C21H22N2O2S. The zero-order valence-corrected chi connectivity index (χ0v) is 15.6. The molecule has 0 unspecified atom stereocenters. The summed E-state index contributed by atoms with van der Waals surface area (Å²) in [5, 5.41) is 0.989. The molecule has 0 spiro atoms. The highest BCUT2D eigenvalue weighted by atomic mass is 32.2. The van der Waals surface area contributed by atoms with Crippen molar-refractivity contribution in [2.75, 3.05) is 20.1 Å². The molecule has 0 amide bonds. The number of hydrogen-bond acceptors (Lipinski definition) is 3. The lowest BCUT2D eigenvalue weighted by molar-refractivity contribution is 0.373. The van der Waals surface area contributed by atoms with E-state index in [9.17, 15) is 8.42 Å². The van der Waals surface area contributed by atoms with Gasteiger partial charge in [-0.05, 0) is 50.2 Å². The van der Waals surface area contributed by atoms with E-state index in [0.29, 0.717) is 4.90 Å². The molecule has 1 aromatic heterocycles. The Kier molecular flexibility index (Phi) is 4.42. The van der Waals surface area contributed by atoms with E-state index in [1.54, 1.807) is 30.5 Å². The number of nitrogens with zero attached hydrogens (tertiary/aromatic N) is 2. The maximum absolute atomic E-state index is 13.2. The SMILES string of the molecule is CN1CC=C(c2cn(S(=O)(=O)c3ccccc3)c3ccccc23)CCC1. The Labute approximate surface area is 154 Å². The largest absolute Gasteiger partial charge is 0.303 e. The molecule has 2 heterocycles. The van der Waals surface area contributed by atoms with Crippen molar-refractivity contribution in [2.45, 2.75) is 17.7 Å². The van der Waals surface area contributed by atoms with Crippen LogP contribution in [0.25, 0.3) is 16.5 Å². The molecule has 4 nitrogen and oxygen atoms in total. The smallest absolute Gasteiger partial charge is 0.268 e. The number of allylic oxidation sites excluding steroid dienone is 1. The third-order valence-electron chi connectivity index (χ3n) is 4.96. The highest BCUT2D eigenvalue weighted by molar-refractivity contribution is 7.90. The molecule has 0 aliphatic carbocycles. The van der Waals surface area contributed by atoms with Crippen LogP contribution in [0, 0.1) is 0 Å². The number of hydrogen-bond donors (Lipinski definition) is 0. The number of benzene rings is 2. The van der Waals surface area contributed by atoms with Gasteiger partial charge in [-0.25, -0.2) is 12.4 Å². The van der Waals surface area contributed by atoms with Crippen molar-refractivity contribution in [1.82, 2.24) is 8.87 Å². The average molecular weight is 366 g/mol. The minimum Gasteiger partial charge on any atom is -0.303 e. The van der Waals surface area contributed by atoms with Crippen molar-refractivity contribution in [2.24, 2.45) is 0 Å².